The summed E-state index contributed by atoms with van der Waals surface area (Å²) in [4.78, 5) is 13.9. The Morgan fingerprint density at radius 3 is 2.68 bits per heavy atom. The van der Waals surface area contributed by atoms with Crippen molar-refractivity contribution in [1.82, 2.24) is 5.32 Å². The van der Waals surface area contributed by atoms with Crippen molar-refractivity contribution in [1.29, 1.82) is 0 Å². The molecule has 3 heteroatoms. The molecule has 1 heterocycles. The zero-order chi connectivity index (χ0) is 15.7. The first-order chi connectivity index (χ1) is 10.6. The lowest BCUT2D eigenvalue weighted by Gasteiger charge is -2.26. The number of hydrogen-bond donors (Lipinski definition) is 1. The first-order valence-electron chi connectivity index (χ1n) is 7.78. The quantitative estimate of drug-likeness (QED) is 0.876. The van der Waals surface area contributed by atoms with E-state index in [9.17, 15) is 4.79 Å². The van der Waals surface area contributed by atoms with Gasteiger partial charge in [-0.15, -0.1) is 0 Å². The molecule has 3 rings (SSSR count). The van der Waals surface area contributed by atoms with E-state index in [0.717, 1.165) is 24.1 Å². The molecule has 1 aliphatic heterocycles. The first kappa shape index (κ1) is 14.8. The number of ketones is 1. The lowest BCUT2D eigenvalue weighted by Crippen LogP contribution is -2.40. The third-order valence-corrected chi connectivity index (χ3v) is 4.50. The topological polar surface area (TPSA) is 32.3 Å². The number of carbonyl (C=O) groups excluding carboxylic acids is 1. The predicted octanol–water partition coefficient (Wildman–Crippen LogP) is 3.48. The van der Waals surface area contributed by atoms with Gasteiger partial charge in [-0.3, -0.25) is 4.79 Å². The second-order valence-electron chi connectivity index (χ2n) is 5.89. The summed E-state index contributed by atoms with van der Waals surface area (Å²) in [5.74, 6) is 0.108. The van der Waals surface area contributed by atoms with Crippen molar-refractivity contribution in [3.8, 4) is 11.1 Å². The molecule has 0 fully saturated rings. The smallest absolute Gasteiger partial charge is 0.159 e. The molecule has 2 aromatic rings. The number of nitrogens with one attached hydrogen (secondary N) is 1. The van der Waals surface area contributed by atoms with Crippen LogP contribution >= 0.6 is 0 Å². The van der Waals surface area contributed by atoms with Crippen LogP contribution in [0.4, 0.5) is 5.69 Å². The van der Waals surface area contributed by atoms with E-state index in [-0.39, 0.29) is 5.78 Å². The van der Waals surface area contributed by atoms with E-state index >= 15 is 0 Å². The first-order valence-corrected chi connectivity index (χ1v) is 7.78. The van der Waals surface area contributed by atoms with Crippen LogP contribution in [0.1, 0.15) is 29.8 Å². The van der Waals surface area contributed by atoms with Gasteiger partial charge in [-0.1, -0.05) is 24.3 Å². The van der Waals surface area contributed by atoms with Gasteiger partial charge in [-0.25, -0.2) is 0 Å². The number of nitrogens with zero attached hydrogens (tertiary/aromatic N) is 1. The number of fused-ring (bicyclic) bond motifs is 1. The van der Waals surface area contributed by atoms with Gasteiger partial charge in [0.15, 0.2) is 5.78 Å². The van der Waals surface area contributed by atoms with Crippen molar-refractivity contribution in [3.63, 3.8) is 0 Å². The summed E-state index contributed by atoms with van der Waals surface area (Å²) >= 11 is 0. The average molecular weight is 294 g/mol. The maximum Gasteiger partial charge on any atom is 0.159 e. The molecule has 2 aromatic carbocycles. The van der Waals surface area contributed by atoms with E-state index in [1.807, 2.05) is 25.2 Å². The number of anilines is 1. The Labute approximate surface area is 132 Å². The molecule has 0 radical (unpaired) electrons. The maximum atomic E-state index is 11.6. The molecule has 0 aliphatic carbocycles. The van der Waals surface area contributed by atoms with Crippen LogP contribution in [-0.2, 0) is 6.42 Å². The summed E-state index contributed by atoms with van der Waals surface area (Å²) in [6.45, 7) is 4.84. The van der Waals surface area contributed by atoms with Gasteiger partial charge in [0.25, 0.3) is 0 Å². The SMILES string of the molecule is CNC(C)N1CCc2cc(-c3cccc(C(C)=O)c3)ccc21. The molecule has 1 aliphatic rings. The van der Waals surface area contributed by atoms with Crippen molar-refractivity contribution in [2.24, 2.45) is 0 Å². The van der Waals surface area contributed by atoms with Gasteiger partial charge in [0.05, 0.1) is 6.17 Å². The van der Waals surface area contributed by atoms with Crippen LogP contribution in [0.5, 0.6) is 0 Å². The van der Waals surface area contributed by atoms with Gasteiger partial charge in [0.2, 0.25) is 0 Å². The number of Topliss-reactive ketones (excluding diaryl/α,β-unsaturated/α-hetero) is 1. The molecule has 0 amide bonds. The van der Waals surface area contributed by atoms with Crippen molar-refractivity contribution in [2.45, 2.75) is 26.4 Å². The van der Waals surface area contributed by atoms with Crippen LogP contribution < -0.4 is 10.2 Å². The number of hydrogen-bond acceptors (Lipinski definition) is 3. The van der Waals surface area contributed by atoms with Gasteiger partial charge in [-0.05, 0) is 62.2 Å². The van der Waals surface area contributed by atoms with Crippen LogP contribution in [0, 0.1) is 0 Å². The zero-order valence-corrected chi connectivity index (χ0v) is 13.4. The summed E-state index contributed by atoms with van der Waals surface area (Å²) in [6, 6.07) is 14.5. The van der Waals surface area contributed by atoms with E-state index in [1.165, 1.54) is 16.8 Å². The van der Waals surface area contributed by atoms with E-state index in [2.05, 4.69) is 41.4 Å². The minimum atomic E-state index is 0.108. The fourth-order valence-electron chi connectivity index (χ4n) is 3.08. The molecule has 0 saturated carbocycles. The molecule has 1 N–H and O–H groups in total. The second-order valence-corrected chi connectivity index (χ2v) is 5.89. The number of benzene rings is 2. The van der Waals surface area contributed by atoms with Crippen molar-refractivity contribution < 1.29 is 4.79 Å². The summed E-state index contributed by atoms with van der Waals surface area (Å²) in [6.07, 6.45) is 1.41. The molecule has 3 nitrogen and oxygen atoms in total. The third-order valence-electron chi connectivity index (χ3n) is 4.50. The van der Waals surface area contributed by atoms with Crippen LogP contribution in [-0.4, -0.2) is 25.5 Å². The molecule has 1 atom stereocenters. The third kappa shape index (κ3) is 2.64. The Bertz CT molecular complexity index is 708. The predicted molar refractivity (Wildman–Crippen MR) is 91.5 cm³/mol. The Morgan fingerprint density at radius 1 is 1.18 bits per heavy atom. The summed E-state index contributed by atoms with van der Waals surface area (Å²) in [5.41, 5.74) is 5.75. The summed E-state index contributed by atoms with van der Waals surface area (Å²) in [5, 5.41) is 3.30. The molecule has 0 bridgehead atoms. The van der Waals surface area contributed by atoms with Crippen LogP contribution in [0.25, 0.3) is 11.1 Å². The molecule has 114 valence electrons. The Hall–Kier alpha value is -2.13. The number of rotatable bonds is 4. The van der Waals surface area contributed by atoms with E-state index in [0.29, 0.717) is 6.17 Å². The molecule has 0 spiro atoms. The minimum absolute atomic E-state index is 0.108. The highest BCUT2D eigenvalue weighted by molar-refractivity contribution is 5.95. The largest absolute Gasteiger partial charge is 0.356 e. The monoisotopic (exact) mass is 294 g/mol. The van der Waals surface area contributed by atoms with Crippen LogP contribution in [0.3, 0.4) is 0 Å². The Balaban J connectivity index is 1.95. The van der Waals surface area contributed by atoms with Gasteiger partial charge in [0, 0.05) is 17.8 Å². The highest BCUT2D eigenvalue weighted by Crippen LogP contribution is 2.33. The lowest BCUT2D eigenvalue weighted by molar-refractivity contribution is 0.101. The fourth-order valence-corrected chi connectivity index (χ4v) is 3.08. The zero-order valence-electron chi connectivity index (χ0n) is 13.4. The normalized spacial score (nSPS) is 14.8. The second kappa shape index (κ2) is 5.93. The molecular formula is C19H22N2O. The van der Waals surface area contributed by atoms with Gasteiger partial charge in [-0.2, -0.15) is 0 Å². The molecule has 1 unspecified atom stereocenters. The minimum Gasteiger partial charge on any atom is -0.356 e. The van der Waals surface area contributed by atoms with Crippen LogP contribution in [0.2, 0.25) is 0 Å². The molecular weight excluding hydrogens is 272 g/mol. The highest BCUT2D eigenvalue weighted by Gasteiger charge is 2.22. The molecule has 0 aromatic heterocycles. The Morgan fingerprint density at radius 2 is 1.95 bits per heavy atom. The van der Waals surface area contributed by atoms with E-state index in [1.54, 1.807) is 6.92 Å². The summed E-state index contributed by atoms with van der Waals surface area (Å²) < 4.78 is 0. The Kier molecular flexibility index (Phi) is 3.99. The maximum absolute atomic E-state index is 11.6. The van der Waals surface area contributed by atoms with Crippen LogP contribution in [0.15, 0.2) is 42.5 Å². The van der Waals surface area contributed by atoms with E-state index in [4.69, 9.17) is 0 Å². The highest BCUT2D eigenvalue weighted by atomic mass is 16.1. The van der Waals surface area contributed by atoms with Gasteiger partial charge < -0.3 is 10.2 Å². The van der Waals surface area contributed by atoms with Crippen molar-refractivity contribution >= 4 is 11.5 Å². The van der Waals surface area contributed by atoms with Gasteiger partial charge >= 0.3 is 0 Å². The average Bonchev–Trinajstić information content (AvgIpc) is 2.97. The lowest BCUT2D eigenvalue weighted by atomic mass is 9.99. The fraction of sp³-hybridized carbons (Fsp3) is 0.316. The standard InChI is InChI=1S/C19H22N2O/c1-13(22)15-5-4-6-16(11-15)17-7-8-19-18(12-17)9-10-21(19)14(2)20-3/h4-8,11-12,14,20H,9-10H2,1-3H3. The number of carbonyl (C=O) groups is 1. The molecule has 0 saturated heterocycles. The van der Waals surface area contributed by atoms with Crippen molar-refractivity contribution in [3.05, 3.63) is 53.6 Å². The van der Waals surface area contributed by atoms with Crippen molar-refractivity contribution in [2.75, 3.05) is 18.5 Å². The summed E-state index contributed by atoms with van der Waals surface area (Å²) in [7, 11) is 1.99. The van der Waals surface area contributed by atoms with E-state index < -0.39 is 0 Å². The molecule has 22 heavy (non-hydrogen) atoms. The van der Waals surface area contributed by atoms with Gasteiger partial charge in [0.1, 0.15) is 0 Å².